The van der Waals surface area contributed by atoms with Gasteiger partial charge in [-0.05, 0) is 25.3 Å². The molecule has 1 aromatic heterocycles. The Hall–Kier alpha value is -0.940. The van der Waals surface area contributed by atoms with Gasteiger partial charge < -0.3 is 10.3 Å². The predicted octanol–water partition coefficient (Wildman–Crippen LogP) is 1.58. The lowest BCUT2D eigenvalue weighted by Crippen LogP contribution is -2.46. The van der Waals surface area contributed by atoms with Crippen molar-refractivity contribution in [3.05, 3.63) is 11.7 Å². The highest BCUT2D eigenvalue weighted by Crippen LogP contribution is 2.25. The molecule has 5 heteroatoms. The smallest absolute Gasteiger partial charge is 0.240 e. The lowest BCUT2D eigenvalue weighted by Gasteiger charge is -2.37. The number of aromatic nitrogens is 2. The molecule has 0 spiro atoms. The summed E-state index contributed by atoms with van der Waals surface area (Å²) in [6.45, 7) is 6.84. The van der Waals surface area contributed by atoms with Crippen molar-refractivity contribution < 1.29 is 4.52 Å². The van der Waals surface area contributed by atoms with Gasteiger partial charge in [0, 0.05) is 19.0 Å². The van der Waals surface area contributed by atoms with Gasteiger partial charge in [-0.25, -0.2) is 0 Å². The summed E-state index contributed by atoms with van der Waals surface area (Å²) in [5.41, 5.74) is 5.89. The van der Waals surface area contributed by atoms with Crippen LogP contribution in [-0.2, 0) is 13.0 Å². The molecule has 0 radical (unpaired) electrons. The number of likely N-dealkylation sites (tertiary alicyclic amines) is 1. The Labute approximate surface area is 109 Å². The van der Waals surface area contributed by atoms with Gasteiger partial charge in [0.05, 0.1) is 6.54 Å². The van der Waals surface area contributed by atoms with Crippen molar-refractivity contribution in [1.82, 2.24) is 15.0 Å². The van der Waals surface area contributed by atoms with Crippen molar-refractivity contribution in [2.24, 2.45) is 11.7 Å². The number of hydrogen-bond donors (Lipinski definition) is 1. The minimum atomic E-state index is 0.459. The molecule has 0 bridgehead atoms. The van der Waals surface area contributed by atoms with Gasteiger partial charge in [0.1, 0.15) is 0 Å². The van der Waals surface area contributed by atoms with E-state index in [1.54, 1.807) is 0 Å². The zero-order valence-electron chi connectivity index (χ0n) is 11.4. The van der Waals surface area contributed by atoms with Gasteiger partial charge in [-0.3, -0.25) is 4.90 Å². The second-order valence-corrected chi connectivity index (χ2v) is 5.12. The van der Waals surface area contributed by atoms with Crippen LogP contribution in [0.4, 0.5) is 0 Å². The van der Waals surface area contributed by atoms with Gasteiger partial charge in [0.2, 0.25) is 5.89 Å². The maximum atomic E-state index is 5.89. The highest BCUT2D eigenvalue weighted by Gasteiger charge is 2.27. The van der Waals surface area contributed by atoms with Gasteiger partial charge in [-0.1, -0.05) is 25.4 Å². The molecule has 0 saturated carbocycles. The lowest BCUT2D eigenvalue weighted by molar-refractivity contribution is 0.0953. The van der Waals surface area contributed by atoms with E-state index in [-0.39, 0.29) is 0 Å². The normalized spacial score (nSPS) is 25.5. The van der Waals surface area contributed by atoms with Gasteiger partial charge in [-0.2, -0.15) is 4.98 Å². The fourth-order valence-corrected chi connectivity index (χ4v) is 2.68. The first-order chi connectivity index (χ1) is 8.76. The Balaban J connectivity index is 1.95. The molecule has 102 valence electrons. The van der Waals surface area contributed by atoms with Crippen LogP contribution in [0.3, 0.4) is 0 Å². The third kappa shape index (κ3) is 3.09. The monoisotopic (exact) mass is 252 g/mol. The molecule has 0 aromatic carbocycles. The predicted molar refractivity (Wildman–Crippen MR) is 69.9 cm³/mol. The molecule has 0 aliphatic carbocycles. The molecule has 2 unspecified atom stereocenters. The number of piperidine rings is 1. The summed E-state index contributed by atoms with van der Waals surface area (Å²) in [4.78, 5) is 6.76. The van der Waals surface area contributed by atoms with E-state index in [1.807, 2.05) is 6.92 Å². The topological polar surface area (TPSA) is 68.2 Å². The van der Waals surface area contributed by atoms with E-state index in [4.69, 9.17) is 10.3 Å². The average molecular weight is 252 g/mol. The first kappa shape index (κ1) is 13.5. The van der Waals surface area contributed by atoms with Crippen molar-refractivity contribution in [1.29, 1.82) is 0 Å². The van der Waals surface area contributed by atoms with E-state index in [0.717, 1.165) is 37.1 Å². The van der Waals surface area contributed by atoms with Crippen LogP contribution in [0.5, 0.6) is 0 Å². The third-order valence-corrected chi connectivity index (χ3v) is 3.96. The Morgan fingerprint density at radius 2 is 2.28 bits per heavy atom. The van der Waals surface area contributed by atoms with Crippen LogP contribution in [0.25, 0.3) is 0 Å². The molecule has 1 saturated heterocycles. The van der Waals surface area contributed by atoms with E-state index in [1.165, 1.54) is 19.3 Å². The summed E-state index contributed by atoms with van der Waals surface area (Å²) >= 11 is 0. The second-order valence-electron chi connectivity index (χ2n) is 5.12. The molecule has 1 aromatic rings. The SMILES string of the molecule is CCc1noc(CN2CCC(CC)CC2CN)n1. The van der Waals surface area contributed by atoms with E-state index in [0.29, 0.717) is 12.6 Å². The lowest BCUT2D eigenvalue weighted by atomic mass is 9.89. The largest absolute Gasteiger partial charge is 0.338 e. The minimum Gasteiger partial charge on any atom is -0.338 e. The number of rotatable bonds is 5. The van der Waals surface area contributed by atoms with Crippen LogP contribution in [0.2, 0.25) is 0 Å². The molecule has 2 N–H and O–H groups in total. The summed E-state index contributed by atoms with van der Waals surface area (Å²) in [7, 11) is 0. The summed E-state index contributed by atoms with van der Waals surface area (Å²) in [6, 6.07) is 0.459. The maximum Gasteiger partial charge on any atom is 0.240 e. The van der Waals surface area contributed by atoms with Gasteiger partial charge >= 0.3 is 0 Å². The van der Waals surface area contributed by atoms with Crippen molar-refractivity contribution in [3.8, 4) is 0 Å². The molecule has 2 heterocycles. The van der Waals surface area contributed by atoms with Crippen molar-refractivity contribution in [2.75, 3.05) is 13.1 Å². The van der Waals surface area contributed by atoms with Crippen LogP contribution in [0.1, 0.15) is 44.8 Å². The van der Waals surface area contributed by atoms with E-state index >= 15 is 0 Å². The zero-order chi connectivity index (χ0) is 13.0. The van der Waals surface area contributed by atoms with Crippen LogP contribution in [-0.4, -0.2) is 34.2 Å². The number of nitrogens with zero attached hydrogens (tertiary/aromatic N) is 3. The first-order valence-corrected chi connectivity index (χ1v) is 7.02. The Morgan fingerprint density at radius 1 is 1.44 bits per heavy atom. The molecule has 1 fully saturated rings. The van der Waals surface area contributed by atoms with Crippen molar-refractivity contribution >= 4 is 0 Å². The molecule has 1 aliphatic heterocycles. The molecular weight excluding hydrogens is 228 g/mol. The first-order valence-electron chi connectivity index (χ1n) is 7.02. The fraction of sp³-hybridized carbons (Fsp3) is 0.846. The summed E-state index contributed by atoms with van der Waals surface area (Å²) < 4.78 is 5.26. The van der Waals surface area contributed by atoms with Crippen LogP contribution in [0.15, 0.2) is 4.52 Å². The fourth-order valence-electron chi connectivity index (χ4n) is 2.68. The third-order valence-electron chi connectivity index (χ3n) is 3.96. The van der Waals surface area contributed by atoms with E-state index in [2.05, 4.69) is 22.0 Å². The number of nitrogens with two attached hydrogens (primary N) is 1. The van der Waals surface area contributed by atoms with E-state index in [9.17, 15) is 0 Å². The number of hydrogen-bond acceptors (Lipinski definition) is 5. The van der Waals surface area contributed by atoms with Gasteiger partial charge in [0.25, 0.3) is 0 Å². The molecular formula is C13H24N4O. The Bertz CT molecular complexity index is 366. The maximum absolute atomic E-state index is 5.89. The standard InChI is InChI=1S/C13H24N4O/c1-3-10-5-6-17(11(7-10)8-14)9-13-15-12(4-2)16-18-13/h10-11H,3-9,14H2,1-2H3. The molecule has 18 heavy (non-hydrogen) atoms. The quantitative estimate of drug-likeness (QED) is 0.861. The van der Waals surface area contributed by atoms with E-state index < -0.39 is 0 Å². The second kappa shape index (κ2) is 6.29. The number of aryl methyl sites for hydroxylation is 1. The van der Waals surface area contributed by atoms with Gasteiger partial charge in [0.15, 0.2) is 5.82 Å². The molecule has 0 amide bonds. The summed E-state index contributed by atoms with van der Waals surface area (Å²) in [5.74, 6) is 2.33. The summed E-state index contributed by atoms with van der Waals surface area (Å²) in [5, 5.41) is 3.94. The molecule has 1 aliphatic rings. The highest BCUT2D eigenvalue weighted by atomic mass is 16.5. The zero-order valence-corrected chi connectivity index (χ0v) is 11.4. The van der Waals surface area contributed by atoms with Gasteiger partial charge in [-0.15, -0.1) is 0 Å². The minimum absolute atomic E-state index is 0.459. The average Bonchev–Trinajstić information content (AvgIpc) is 2.87. The Morgan fingerprint density at radius 3 is 2.89 bits per heavy atom. The Kier molecular flexibility index (Phi) is 4.72. The van der Waals surface area contributed by atoms with Crippen LogP contribution >= 0.6 is 0 Å². The highest BCUT2D eigenvalue weighted by molar-refractivity contribution is 4.89. The van der Waals surface area contributed by atoms with Crippen molar-refractivity contribution in [2.45, 2.75) is 52.1 Å². The molecule has 2 rings (SSSR count). The summed E-state index contributed by atoms with van der Waals surface area (Å²) in [6.07, 6.45) is 4.52. The van der Waals surface area contributed by atoms with Crippen LogP contribution in [0, 0.1) is 5.92 Å². The van der Waals surface area contributed by atoms with Crippen molar-refractivity contribution in [3.63, 3.8) is 0 Å². The van der Waals surface area contributed by atoms with Crippen LogP contribution < -0.4 is 5.73 Å². The molecule has 2 atom stereocenters. The molecule has 5 nitrogen and oxygen atoms in total.